The van der Waals surface area contributed by atoms with Gasteiger partial charge < -0.3 is 5.73 Å². The molecule has 2 N–H and O–H groups in total. The van der Waals surface area contributed by atoms with Crippen LogP contribution in [-0.4, -0.2) is 24.0 Å². The topological polar surface area (TPSA) is 29.3 Å². The molecule has 1 aromatic carbocycles. The van der Waals surface area contributed by atoms with Crippen molar-refractivity contribution in [3.63, 3.8) is 0 Å². The molecule has 0 fully saturated rings. The number of benzene rings is 1. The van der Waals surface area contributed by atoms with Crippen LogP contribution in [-0.2, 0) is 0 Å². The highest BCUT2D eigenvalue weighted by Gasteiger charge is 2.22. The predicted octanol–water partition coefficient (Wildman–Crippen LogP) is 3.85. The summed E-state index contributed by atoms with van der Waals surface area (Å²) in [6.45, 7) is 8.61. The molecule has 0 heterocycles. The lowest BCUT2D eigenvalue weighted by Gasteiger charge is -2.34. The standard InChI is InChI=1S/C15H25ClN2/c1-4-6-11-18(5-2)15(12(3)17)13-7-9-14(16)10-8-13/h7-10,12,15H,4-6,11,17H2,1-3H3. The van der Waals surface area contributed by atoms with Crippen LogP contribution < -0.4 is 5.73 Å². The number of halogens is 1. The van der Waals surface area contributed by atoms with Crippen LogP contribution in [0.2, 0.25) is 5.02 Å². The number of rotatable bonds is 7. The van der Waals surface area contributed by atoms with E-state index < -0.39 is 0 Å². The average Bonchev–Trinajstić information content (AvgIpc) is 2.35. The molecule has 0 aromatic heterocycles. The molecule has 0 aliphatic heterocycles. The number of nitrogens with zero attached hydrogens (tertiary/aromatic N) is 1. The summed E-state index contributed by atoms with van der Waals surface area (Å²) < 4.78 is 0. The minimum atomic E-state index is 0.114. The van der Waals surface area contributed by atoms with Crippen LogP contribution in [0.3, 0.4) is 0 Å². The minimum Gasteiger partial charge on any atom is -0.326 e. The second-order valence-electron chi connectivity index (χ2n) is 4.84. The normalized spacial score (nSPS) is 14.8. The molecule has 0 bridgehead atoms. The minimum absolute atomic E-state index is 0.114. The molecule has 0 saturated carbocycles. The molecule has 18 heavy (non-hydrogen) atoms. The highest BCUT2D eigenvalue weighted by atomic mass is 35.5. The van der Waals surface area contributed by atoms with E-state index in [1.54, 1.807) is 0 Å². The molecule has 2 unspecified atom stereocenters. The Balaban J connectivity index is 2.89. The highest BCUT2D eigenvalue weighted by Crippen LogP contribution is 2.25. The third kappa shape index (κ3) is 4.27. The lowest BCUT2D eigenvalue weighted by atomic mass is 9.99. The van der Waals surface area contributed by atoms with E-state index in [1.807, 2.05) is 12.1 Å². The van der Waals surface area contributed by atoms with Crippen molar-refractivity contribution in [2.45, 2.75) is 45.7 Å². The van der Waals surface area contributed by atoms with Crippen molar-refractivity contribution in [3.05, 3.63) is 34.9 Å². The lowest BCUT2D eigenvalue weighted by Crippen LogP contribution is -2.40. The Hall–Kier alpha value is -0.570. The van der Waals surface area contributed by atoms with Gasteiger partial charge in [-0.3, -0.25) is 4.90 Å². The number of hydrogen-bond acceptors (Lipinski definition) is 2. The van der Waals surface area contributed by atoms with E-state index in [9.17, 15) is 0 Å². The van der Waals surface area contributed by atoms with Gasteiger partial charge in [-0.15, -0.1) is 0 Å². The van der Waals surface area contributed by atoms with Crippen molar-refractivity contribution < 1.29 is 0 Å². The van der Waals surface area contributed by atoms with Gasteiger partial charge in [-0.05, 0) is 44.1 Å². The monoisotopic (exact) mass is 268 g/mol. The summed E-state index contributed by atoms with van der Waals surface area (Å²) in [5.41, 5.74) is 7.44. The van der Waals surface area contributed by atoms with Gasteiger partial charge in [0.2, 0.25) is 0 Å². The van der Waals surface area contributed by atoms with Crippen molar-refractivity contribution in [1.29, 1.82) is 0 Å². The van der Waals surface area contributed by atoms with Crippen molar-refractivity contribution in [2.75, 3.05) is 13.1 Å². The van der Waals surface area contributed by atoms with Crippen molar-refractivity contribution in [1.82, 2.24) is 4.90 Å². The number of unbranched alkanes of at least 4 members (excludes halogenated alkanes) is 1. The summed E-state index contributed by atoms with van der Waals surface area (Å²) in [4.78, 5) is 2.46. The summed E-state index contributed by atoms with van der Waals surface area (Å²) in [7, 11) is 0. The Kier molecular flexibility index (Phi) is 6.69. The molecule has 0 amide bonds. The first kappa shape index (κ1) is 15.5. The van der Waals surface area contributed by atoms with Gasteiger partial charge in [-0.1, -0.05) is 44.0 Å². The van der Waals surface area contributed by atoms with Crippen LogP contribution in [0.15, 0.2) is 24.3 Å². The second kappa shape index (κ2) is 7.78. The molecule has 3 heteroatoms. The zero-order chi connectivity index (χ0) is 13.5. The van der Waals surface area contributed by atoms with Crippen LogP contribution in [0.1, 0.15) is 45.2 Å². The van der Waals surface area contributed by atoms with Crippen molar-refractivity contribution in [3.8, 4) is 0 Å². The first-order valence-corrected chi connectivity index (χ1v) is 7.23. The SMILES string of the molecule is CCCCN(CC)C(c1ccc(Cl)cc1)C(C)N. The Bertz CT molecular complexity index is 335. The summed E-state index contributed by atoms with van der Waals surface area (Å²) in [5.74, 6) is 0. The van der Waals surface area contributed by atoms with Crippen LogP contribution in [0.4, 0.5) is 0 Å². The molecule has 2 atom stereocenters. The molecule has 1 rings (SSSR count). The molecule has 0 saturated heterocycles. The fourth-order valence-electron chi connectivity index (χ4n) is 2.36. The van der Waals surface area contributed by atoms with Gasteiger partial charge in [0.05, 0.1) is 0 Å². The quantitative estimate of drug-likeness (QED) is 0.814. The van der Waals surface area contributed by atoms with Gasteiger partial charge in [0.15, 0.2) is 0 Å². The lowest BCUT2D eigenvalue weighted by molar-refractivity contribution is 0.183. The van der Waals surface area contributed by atoms with Gasteiger partial charge in [-0.25, -0.2) is 0 Å². The molecule has 1 aromatic rings. The summed E-state index contributed by atoms with van der Waals surface area (Å²) in [6, 6.07) is 8.46. The molecular weight excluding hydrogens is 244 g/mol. The maximum Gasteiger partial charge on any atom is 0.0496 e. The van der Waals surface area contributed by atoms with Crippen molar-refractivity contribution in [2.24, 2.45) is 5.73 Å². The first-order valence-electron chi connectivity index (χ1n) is 6.85. The molecule has 0 aliphatic carbocycles. The molecule has 2 nitrogen and oxygen atoms in total. The molecule has 0 aliphatic rings. The smallest absolute Gasteiger partial charge is 0.0496 e. The summed E-state index contributed by atoms with van der Waals surface area (Å²) >= 11 is 5.95. The third-order valence-electron chi connectivity index (χ3n) is 3.31. The van der Waals surface area contributed by atoms with E-state index in [2.05, 4.69) is 37.8 Å². The average molecular weight is 269 g/mol. The highest BCUT2D eigenvalue weighted by molar-refractivity contribution is 6.30. The van der Waals surface area contributed by atoms with E-state index in [0.29, 0.717) is 0 Å². The molecule has 0 radical (unpaired) electrons. The van der Waals surface area contributed by atoms with E-state index >= 15 is 0 Å². The van der Waals surface area contributed by atoms with Gasteiger partial charge >= 0.3 is 0 Å². The van der Waals surface area contributed by atoms with Gasteiger partial charge in [0.1, 0.15) is 0 Å². The molecule has 102 valence electrons. The Morgan fingerprint density at radius 2 is 1.83 bits per heavy atom. The summed E-state index contributed by atoms with van der Waals surface area (Å²) in [6.07, 6.45) is 2.42. The Morgan fingerprint density at radius 1 is 1.22 bits per heavy atom. The number of likely N-dealkylation sites (N-methyl/N-ethyl adjacent to an activating group) is 1. The Labute approximate surface area is 116 Å². The van der Waals surface area contributed by atoms with Crippen LogP contribution in [0, 0.1) is 0 Å². The fourth-order valence-corrected chi connectivity index (χ4v) is 2.49. The van der Waals surface area contributed by atoms with E-state index in [0.717, 1.165) is 18.1 Å². The maximum atomic E-state index is 6.18. The first-order chi connectivity index (χ1) is 8.60. The number of hydrogen-bond donors (Lipinski definition) is 1. The molecule has 0 spiro atoms. The second-order valence-corrected chi connectivity index (χ2v) is 5.27. The van der Waals surface area contributed by atoms with E-state index in [4.69, 9.17) is 17.3 Å². The van der Waals surface area contributed by atoms with Gasteiger partial charge in [0.25, 0.3) is 0 Å². The summed E-state index contributed by atoms with van der Waals surface area (Å²) in [5, 5.41) is 0.777. The van der Waals surface area contributed by atoms with Crippen LogP contribution in [0.5, 0.6) is 0 Å². The van der Waals surface area contributed by atoms with Crippen LogP contribution in [0.25, 0.3) is 0 Å². The zero-order valence-corrected chi connectivity index (χ0v) is 12.5. The third-order valence-corrected chi connectivity index (χ3v) is 3.56. The predicted molar refractivity (Wildman–Crippen MR) is 80.0 cm³/mol. The largest absolute Gasteiger partial charge is 0.326 e. The van der Waals surface area contributed by atoms with Crippen molar-refractivity contribution >= 4 is 11.6 Å². The Morgan fingerprint density at radius 3 is 2.28 bits per heavy atom. The van der Waals surface area contributed by atoms with Crippen LogP contribution >= 0.6 is 11.6 Å². The zero-order valence-electron chi connectivity index (χ0n) is 11.7. The van der Waals surface area contributed by atoms with E-state index in [-0.39, 0.29) is 12.1 Å². The van der Waals surface area contributed by atoms with Gasteiger partial charge in [0, 0.05) is 17.1 Å². The fraction of sp³-hybridized carbons (Fsp3) is 0.600. The van der Waals surface area contributed by atoms with Gasteiger partial charge in [-0.2, -0.15) is 0 Å². The van der Waals surface area contributed by atoms with E-state index in [1.165, 1.54) is 18.4 Å². The number of nitrogens with two attached hydrogens (primary N) is 1. The molecular formula is C15H25ClN2. The maximum absolute atomic E-state index is 6.18.